The van der Waals surface area contributed by atoms with Crippen molar-refractivity contribution in [1.29, 1.82) is 0 Å². The fourth-order valence-corrected chi connectivity index (χ4v) is 3.62. The molecule has 2 fully saturated rings. The number of rotatable bonds is 3. The summed E-state index contributed by atoms with van der Waals surface area (Å²) in [6, 6.07) is 0.167. The van der Waals surface area contributed by atoms with Gasteiger partial charge in [-0.15, -0.1) is 0 Å². The first-order valence-electron chi connectivity index (χ1n) is 7.32. The molecule has 1 heterocycles. The summed E-state index contributed by atoms with van der Waals surface area (Å²) in [6.07, 6.45) is 5.02. The van der Waals surface area contributed by atoms with Crippen molar-refractivity contribution in [2.75, 3.05) is 13.1 Å². The van der Waals surface area contributed by atoms with Crippen molar-refractivity contribution in [3.63, 3.8) is 0 Å². The molecule has 0 bridgehead atoms. The zero-order valence-electron chi connectivity index (χ0n) is 11.2. The Morgan fingerprint density at radius 2 is 2.11 bits per heavy atom. The van der Waals surface area contributed by atoms with Gasteiger partial charge in [0.05, 0.1) is 12.6 Å². The molecule has 4 heteroatoms. The van der Waals surface area contributed by atoms with Gasteiger partial charge in [0.15, 0.2) is 0 Å². The van der Waals surface area contributed by atoms with E-state index in [0.29, 0.717) is 18.8 Å². The van der Waals surface area contributed by atoms with Crippen molar-refractivity contribution in [2.45, 2.75) is 69.9 Å². The van der Waals surface area contributed by atoms with Gasteiger partial charge in [-0.1, -0.05) is 13.3 Å². The lowest BCUT2D eigenvalue weighted by atomic mass is 9.79. The van der Waals surface area contributed by atoms with Gasteiger partial charge < -0.3 is 5.11 Å². The van der Waals surface area contributed by atoms with Crippen LogP contribution < -0.4 is 0 Å². The Kier molecular flexibility index (Phi) is 4.59. The van der Waals surface area contributed by atoms with Crippen LogP contribution in [0.4, 0.5) is 8.78 Å². The molecule has 1 aliphatic carbocycles. The van der Waals surface area contributed by atoms with Gasteiger partial charge in [0.25, 0.3) is 5.92 Å². The number of alkyl halides is 2. The van der Waals surface area contributed by atoms with E-state index in [2.05, 4.69) is 6.92 Å². The van der Waals surface area contributed by atoms with Gasteiger partial charge in [0.2, 0.25) is 0 Å². The van der Waals surface area contributed by atoms with Crippen molar-refractivity contribution >= 4 is 0 Å². The SMILES string of the molecule is CCCC1CCC(O)CC1N1CCCC(F)(F)C1. The summed E-state index contributed by atoms with van der Waals surface area (Å²) in [7, 11) is 0. The predicted octanol–water partition coefficient (Wildman–Crippen LogP) is 3.05. The lowest BCUT2D eigenvalue weighted by molar-refractivity contribution is -0.0933. The summed E-state index contributed by atoms with van der Waals surface area (Å²) >= 11 is 0. The average molecular weight is 261 g/mol. The van der Waals surface area contributed by atoms with Crippen molar-refractivity contribution in [3.05, 3.63) is 0 Å². The molecule has 3 atom stereocenters. The summed E-state index contributed by atoms with van der Waals surface area (Å²) in [5.74, 6) is -2.04. The van der Waals surface area contributed by atoms with Crippen molar-refractivity contribution in [1.82, 2.24) is 4.90 Å². The van der Waals surface area contributed by atoms with E-state index in [1.807, 2.05) is 4.90 Å². The van der Waals surface area contributed by atoms with E-state index in [-0.39, 0.29) is 25.1 Å². The second kappa shape index (κ2) is 5.83. The molecular weight excluding hydrogens is 236 g/mol. The molecule has 18 heavy (non-hydrogen) atoms. The smallest absolute Gasteiger partial charge is 0.260 e. The minimum absolute atomic E-state index is 0.0250. The Hall–Kier alpha value is -0.220. The predicted molar refractivity (Wildman–Crippen MR) is 67.8 cm³/mol. The minimum atomic E-state index is -2.53. The van der Waals surface area contributed by atoms with E-state index >= 15 is 0 Å². The maximum absolute atomic E-state index is 13.5. The van der Waals surface area contributed by atoms with E-state index in [1.165, 1.54) is 0 Å². The first-order chi connectivity index (χ1) is 8.52. The average Bonchev–Trinajstić information content (AvgIpc) is 2.30. The molecule has 0 radical (unpaired) electrons. The molecule has 1 aliphatic heterocycles. The fraction of sp³-hybridized carbons (Fsp3) is 1.00. The van der Waals surface area contributed by atoms with Crippen LogP contribution in [-0.4, -0.2) is 41.2 Å². The fourth-order valence-electron chi connectivity index (χ4n) is 3.62. The van der Waals surface area contributed by atoms with Crippen LogP contribution in [0.3, 0.4) is 0 Å². The summed E-state index contributed by atoms with van der Waals surface area (Å²) in [5.41, 5.74) is 0. The van der Waals surface area contributed by atoms with Gasteiger partial charge in [-0.05, 0) is 44.6 Å². The van der Waals surface area contributed by atoms with Gasteiger partial charge in [0.1, 0.15) is 0 Å². The summed E-state index contributed by atoms with van der Waals surface area (Å²) < 4.78 is 27.0. The van der Waals surface area contributed by atoms with Crippen LogP contribution in [0, 0.1) is 5.92 Å². The largest absolute Gasteiger partial charge is 0.393 e. The molecule has 1 N–H and O–H groups in total. The number of aliphatic hydroxyl groups excluding tert-OH is 1. The first-order valence-corrected chi connectivity index (χ1v) is 7.32. The lowest BCUT2D eigenvalue weighted by Gasteiger charge is -2.45. The highest BCUT2D eigenvalue weighted by atomic mass is 19.3. The quantitative estimate of drug-likeness (QED) is 0.844. The Morgan fingerprint density at radius 3 is 2.78 bits per heavy atom. The highest BCUT2D eigenvalue weighted by Crippen LogP contribution is 2.36. The molecule has 1 saturated heterocycles. The van der Waals surface area contributed by atoms with Crippen LogP contribution in [-0.2, 0) is 0 Å². The second-order valence-corrected chi connectivity index (χ2v) is 6.01. The Morgan fingerprint density at radius 1 is 1.33 bits per heavy atom. The summed E-state index contributed by atoms with van der Waals surface area (Å²) in [4.78, 5) is 1.95. The Labute approximate surface area is 108 Å². The maximum Gasteiger partial charge on any atom is 0.260 e. The van der Waals surface area contributed by atoms with Crippen molar-refractivity contribution in [3.8, 4) is 0 Å². The summed E-state index contributed by atoms with van der Waals surface area (Å²) in [5, 5.41) is 9.81. The Balaban J connectivity index is 2.02. The molecule has 0 aromatic heterocycles. The standard InChI is InChI=1S/C14H25F2NO/c1-2-4-11-5-6-12(18)9-13(11)17-8-3-7-14(15,16)10-17/h11-13,18H,2-10H2,1H3. The molecule has 0 aromatic carbocycles. The normalized spacial score (nSPS) is 37.7. The van der Waals surface area contributed by atoms with E-state index in [0.717, 1.165) is 32.2 Å². The third kappa shape index (κ3) is 3.41. The molecule has 0 spiro atoms. The van der Waals surface area contributed by atoms with Crippen LogP contribution >= 0.6 is 0 Å². The van der Waals surface area contributed by atoms with E-state index in [9.17, 15) is 13.9 Å². The van der Waals surface area contributed by atoms with Gasteiger partial charge >= 0.3 is 0 Å². The number of hydrogen-bond donors (Lipinski definition) is 1. The lowest BCUT2D eigenvalue weighted by Crippen LogP contribution is -2.52. The highest BCUT2D eigenvalue weighted by molar-refractivity contribution is 4.91. The van der Waals surface area contributed by atoms with E-state index < -0.39 is 5.92 Å². The number of aliphatic hydroxyl groups is 1. The number of likely N-dealkylation sites (tertiary alicyclic amines) is 1. The van der Waals surface area contributed by atoms with Crippen LogP contribution in [0.25, 0.3) is 0 Å². The highest BCUT2D eigenvalue weighted by Gasteiger charge is 2.41. The van der Waals surface area contributed by atoms with Gasteiger partial charge in [-0.25, -0.2) is 8.78 Å². The second-order valence-electron chi connectivity index (χ2n) is 6.01. The number of halogens is 2. The van der Waals surface area contributed by atoms with Gasteiger partial charge in [-0.3, -0.25) is 4.90 Å². The van der Waals surface area contributed by atoms with Crippen molar-refractivity contribution < 1.29 is 13.9 Å². The molecule has 1 saturated carbocycles. The van der Waals surface area contributed by atoms with E-state index in [1.54, 1.807) is 0 Å². The monoisotopic (exact) mass is 261 g/mol. The van der Waals surface area contributed by atoms with Gasteiger partial charge in [-0.2, -0.15) is 0 Å². The van der Waals surface area contributed by atoms with Crippen molar-refractivity contribution in [2.24, 2.45) is 5.92 Å². The molecular formula is C14H25F2NO. The Bertz CT molecular complexity index is 273. The molecule has 2 nitrogen and oxygen atoms in total. The minimum Gasteiger partial charge on any atom is -0.393 e. The maximum atomic E-state index is 13.5. The zero-order chi connectivity index (χ0) is 13.2. The van der Waals surface area contributed by atoms with Crippen LogP contribution in [0.5, 0.6) is 0 Å². The van der Waals surface area contributed by atoms with Crippen LogP contribution in [0.15, 0.2) is 0 Å². The van der Waals surface area contributed by atoms with E-state index in [4.69, 9.17) is 0 Å². The third-order valence-corrected chi connectivity index (χ3v) is 4.48. The first kappa shape index (κ1) is 14.2. The molecule has 106 valence electrons. The number of hydrogen-bond acceptors (Lipinski definition) is 2. The van der Waals surface area contributed by atoms with Gasteiger partial charge in [0, 0.05) is 12.5 Å². The number of nitrogens with zero attached hydrogens (tertiary/aromatic N) is 1. The zero-order valence-corrected chi connectivity index (χ0v) is 11.2. The molecule has 0 amide bonds. The molecule has 2 rings (SSSR count). The number of piperidine rings is 1. The van der Waals surface area contributed by atoms with Crippen LogP contribution in [0.2, 0.25) is 0 Å². The van der Waals surface area contributed by atoms with Crippen LogP contribution in [0.1, 0.15) is 51.9 Å². The topological polar surface area (TPSA) is 23.5 Å². The molecule has 3 unspecified atom stereocenters. The third-order valence-electron chi connectivity index (χ3n) is 4.48. The molecule has 0 aromatic rings. The summed E-state index contributed by atoms with van der Waals surface area (Å²) in [6.45, 7) is 2.81. The molecule has 2 aliphatic rings.